The minimum atomic E-state index is -0.789. The van der Waals surface area contributed by atoms with Crippen LogP contribution < -0.4 is 11.1 Å². The summed E-state index contributed by atoms with van der Waals surface area (Å²) in [4.78, 5) is 25.1. The Kier molecular flexibility index (Phi) is 2.50. The van der Waals surface area contributed by atoms with Crippen LogP contribution in [0.1, 0.15) is 24.4 Å². The lowest BCUT2D eigenvalue weighted by atomic mass is 9.90. The first-order valence-corrected chi connectivity index (χ1v) is 6.10. The summed E-state index contributed by atoms with van der Waals surface area (Å²) in [6, 6.07) is 4.99. The van der Waals surface area contributed by atoms with Crippen molar-refractivity contribution in [2.45, 2.75) is 18.9 Å². The number of aromatic nitrogens is 1. The van der Waals surface area contributed by atoms with Gasteiger partial charge in [0.1, 0.15) is 0 Å². The van der Waals surface area contributed by atoms with Gasteiger partial charge in [-0.25, -0.2) is 4.79 Å². The van der Waals surface area contributed by atoms with Gasteiger partial charge in [0.25, 0.3) is 0 Å². The van der Waals surface area contributed by atoms with Gasteiger partial charge in [-0.15, -0.1) is 0 Å². The zero-order valence-electron chi connectivity index (χ0n) is 10.4. The molecule has 100 valence electrons. The molecule has 1 unspecified atom stereocenters. The third kappa shape index (κ3) is 1.76. The molecular weight excluding hydrogens is 248 g/mol. The molecule has 1 fully saturated rings. The molecule has 0 saturated heterocycles. The van der Waals surface area contributed by atoms with Crippen LogP contribution in [0.3, 0.4) is 0 Å². The van der Waals surface area contributed by atoms with Crippen molar-refractivity contribution in [3.63, 3.8) is 0 Å². The third-order valence-corrected chi connectivity index (χ3v) is 3.83. The highest BCUT2D eigenvalue weighted by atomic mass is 16.4. The number of aliphatic carboxylic acids is 1. The maximum atomic E-state index is 11.4. The lowest BCUT2D eigenvalue weighted by Gasteiger charge is -2.23. The molecule has 0 aliphatic heterocycles. The second-order valence-corrected chi connectivity index (χ2v) is 4.95. The van der Waals surface area contributed by atoms with E-state index in [1.807, 2.05) is 6.07 Å². The molecule has 1 heterocycles. The van der Waals surface area contributed by atoms with E-state index in [4.69, 9.17) is 4.42 Å². The van der Waals surface area contributed by atoms with Gasteiger partial charge in [-0.3, -0.25) is 9.78 Å². The summed E-state index contributed by atoms with van der Waals surface area (Å²) in [5, 5.41) is 12.4. The Morgan fingerprint density at radius 3 is 2.84 bits per heavy atom. The summed E-state index contributed by atoms with van der Waals surface area (Å²) < 4.78 is 5.01. The van der Waals surface area contributed by atoms with Gasteiger partial charge in [-0.05, 0) is 37.6 Å². The Balaban J connectivity index is 2.06. The Morgan fingerprint density at radius 1 is 1.53 bits per heavy atom. The number of benzene rings is 1. The lowest BCUT2D eigenvalue weighted by Crippen LogP contribution is -2.32. The summed E-state index contributed by atoms with van der Waals surface area (Å²) in [5.74, 6) is -1.30. The van der Waals surface area contributed by atoms with Crippen molar-refractivity contribution in [1.29, 1.82) is 0 Å². The predicted molar refractivity (Wildman–Crippen MR) is 67.9 cm³/mol. The normalized spacial score (nSPS) is 18.4. The molecule has 6 heteroatoms. The molecule has 1 aromatic heterocycles. The van der Waals surface area contributed by atoms with Gasteiger partial charge in [-0.1, -0.05) is 6.07 Å². The summed E-state index contributed by atoms with van der Waals surface area (Å²) in [6.45, 7) is 0. The van der Waals surface area contributed by atoms with E-state index < -0.39 is 17.1 Å². The average Bonchev–Trinajstić information content (AvgIpc) is 3.07. The molecule has 3 N–H and O–H groups in total. The number of hydrogen-bond donors (Lipinski definition) is 3. The molecule has 0 bridgehead atoms. The molecule has 3 rings (SSSR count). The van der Waals surface area contributed by atoms with Crippen LogP contribution in [0.5, 0.6) is 0 Å². The molecule has 1 atom stereocenters. The number of aromatic amines is 1. The van der Waals surface area contributed by atoms with Crippen molar-refractivity contribution in [1.82, 2.24) is 10.3 Å². The molecule has 0 spiro atoms. The zero-order chi connectivity index (χ0) is 13.6. The van der Waals surface area contributed by atoms with Crippen molar-refractivity contribution in [2.75, 3.05) is 7.05 Å². The van der Waals surface area contributed by atoms with E-state index in [0.717, 1.165) is 5.56 Å². The number of carboxylic acid groups (broad SMARTS) is 1. The first-order valence-electron chi connectivity index (χ1n) is 6.10. The molecule has 1 saturated carbocycles. The number of carboxylic acids is 1. The van der Waals surface area contributed by atoms with Gasteiger partial charge in [0.2, 0.25) is 0 Å². The Hall–Kier alpha value is -2.08. The lowest BCUT2D eigenvalue weighted by molar-refractivity contribution is -0.144. The van der Waals surface area contributed by atoms with Crippen LogP contribution in [0.2, 0.25) is 0 Å². The van der Waals surface area contributed by atoms with Crippen molar-refractivity contribution < 1.29 is 14.3 Å². The highest BCUT2D eigenvalue weighted by molar-refractivity contribution is 5.80. The summed E-state index contributed by atoms with van der Waals surface area (Å²) >= 11 is 0. The average molecular weight is 262 g/mol. The minimum Gasteiger partial charge on any atom is -0.481 e. The van der Waals surface area contributed by atoms with Crippen LogP contribution in [0.4, 0.5) is 0 Å². The topological polar surface area (TPSA) is 95.3 Å². The fourth-order valence-corrected chi connectivity index (χ4v) is 2.66. The second kappa shape index (κ2) is 3.96. The third-order valence-electron chi connectivity index (χ3n) is 3.83. The maximum Gasteiger partial charge on any atom is 0.417 e. The molecular formula is C13H14N2O4. The van der Waals surface area contributed by atoms with Crippen molar-refractivity contribution >= 4 is 17.1 Å². The van der Waals surface area contributed by atoms with Crippen LogP contribution in [-0.2, 0) is 4.79 Å². The van der Waals surface area contributed by atoms with E-state index in [2.05, 4.69) is 10.3 Å². The molecule has 0 amide bonds. The van der Waals surface area contributed by atoms with E-state index >= 15 is 0 Å². The van der Waals surface area contributed by atoms with Crippen molar-refractivity contribution in [2.24, 2.45) is 5.41 Å². The van der Waals surface area contributed by atoms with Crippen LogP contribution in [0.15, 0.2) is 27.4 Å². The van der Waals surface area contributed by atoms with E-state index in [9.17, 15) is 14.7 Å². The SMILES string of the molecule is CNC(c1ccc2[nH]c(=O)oc2c1)C1(C(=O)O)CC1. The number of oxazole rings is 1. The Bertz CT molecular complexity index is 696. The van der Waals surface area contributed by atoms with Gasteiger partial charge < -0.3 is 14.8 Å². The number of H-pyrrole nitrogens is 1. The Morgan fingerprint density at radius 2 is 2.26 bits per heavy atom. The fraction of sp³-hybridized carbons (Fsp3) is 0.385. The second-order valence-electron chi connectivity index (χ2n) is 4.95. The largest absolute Gasteiger partial charge is 0.481 e. The molecule has 1 aliphatic rings. The van der Waals surface area contributed by atoms with E-state index in [-0.39, 0.29) is 6.04 Å². The number of rotatable bonds is 4. The number of fused-ring (bicyclic) bond motifs is 1. The van der Waals surface area contributed by atoms with Crippen molar-refractivity contribution in [3.8, 4) is 0 Å². The molecule has 2 aromatic rings. The van der Waals surface area contributed by atoms with Gasteiger partial charge in [0.15, 0.2) is 5.58 Å². The molecule has 19 heavy (non-hydrogen) atoms. The van der Waals surface area contributed by atoms with Crippen LogP contribution >= 0.6 is 0 Å². The molecule has 1 aromatic carbocycles. The number of hydrogen-bond acceptors (Lipinski definition) is 4. The van der Waals surface area contributed by atoms with Gasteiger partial charge >= 0.3 is 11.7 Å². The summed E-state index contributed by atoms with van der Waals surface area (Å²) in [6.07, 6.45) is 1.31. The number of carbonyl (C=O) groups is 1. The smallest absolute Gasteiger partial charge is 0.417 e. The Labute approximate surface area is 108 Å². The first kappa shape index (κ1) is 12.0. The summed E-state index contributed by atoms with van der Waals surface area (Å²) in [5.41, 5.74) is 1.14. The van der Waals surface area contributed by atoms with Crippen LogP contribution in [-0.4, -0.2) is 23.1 Å². The standard InChI is InChI=1S/C13H14N2O4/c1-14-10(13(4-5-13)11(16)17)7-2-3-8-9(6-7)19-12(18)15-8/h2-3,6,10,14H,4-5H2,1H3,(H,15,18)(H,16,17). The number of nitrogens with one attached hydrogen (secondary N) is 2. The van der Waals surface area contributed by atoms with Gasteiger partial charge in [-0.2, -0.15) is 0 Å². The van der Waals surface area contributed by atoms with Crippen molar-refractivity contribution in [3.05, 3.63) is 34.3 Å². The predicted octanol–water partition coefficient (Wildman–Crippen LogP) is 1.25. The quantitative estimate of drug-likeness (QED) is 0.770. The maximum absolute atomic E-state index is 11.4. The minimum absolute atomic E-state index is 0.283. The first-order chi connectivity index (χ1) is 9.06. The monoisotopic (exact) mass is 262 g/mol. The molecule has 0 radical (unpaired) electrons. The van der Waals surface area contributed by atoms with E-state index in [1.54, 1.807) is 19.2 Å². The highest BCUT2D eigenvalue weighted by Gasteiger charge is 2.56. The fourth-order valence-electron chi connectivity index (χ4n) is 2.66. The van der Waals surface area contributed by atoms with Gasteiger partial charge in [0.05, 0.1) is 10.9 Å². The van der Waals surface area contributed by atoms with E-state index in [1.165, 1.54) is 0 Å². The van der Waals surface area contributed by atoms with Crippen LogP contribution in [0, 0.1) is 5.41 Å². The van der Waals surface area contributed by atoms with Crippen LogP contribution in [0.25, 0.3) is 11.1 Å². The molecule has 1 aliphatic carbocycles. The summed E-state index contributed by atoms with van der Waals surface area (Å²) in [7, 11) is 1.74. The molecule has 6 nitrogen and oxygen atoms in total. The van der Waals surface area contributed by atoms with Gasteiger partial charge in [0, 0.05) is 6.04 Å². The highest BCUT2D eigenvalue weighted by Crippen LogP contribution is 2.55. The van der Waals surface area contributed by atoms with E-state index in [0.29, 0.717) is 23.9 Å². The zero-order valence-corrected chi connectivity index (χ0v) is 10.4.